The van der Waals surface area contributed by atoms with Gasteiger partial charge in [0.2, 0.25) is 0 Å². The lowest BCUT2D eigenvalue weighted by atomic mass is 10.00. The van der Waals surface area contributed by atoms with Crippen LogP contribution in [-0.4, -0.2) is 76.7 Å². The summed E-state index contributed by atoms with van der Waals surface area (Å²) in [5.74, 6) is 0.754. The van der Waals surface area contributed by atoms with Gasteiger partial charge in [0, 0.05) is 58.0 Å². The van der Waals surface area contributed by atoms with Gasteiger partial charge in [-0.25, -0.2) is 0 Å². The Kier molecular flexibility index (Phi) is 7.38. The molecule has 32 heavy (non-hydrogen) atoms. The molecule has 0 bridgehead atoms. The van der Waals surface area contributed by atoms with Gasteiger partial charge in [0.1, 0.15) is 18.5 Å². The highest BCUT2D eigenvalue weighted by molar-refractivity contribution is 5.97. The number of aromatic nitrogens is 2. The number of benzene rings is 2. The van der Waals surface area contributed by atoms with E-state index in [1.165, 1.54) is 0 Å². The number of aryl methyl sites for hydroxylation is 1. The number of nitrogens with zero attached hydrogens (tertiary/aromatic N) is 5. The average molecular weight is 434 g/mol. The standard InChI is InChI=1S/C25H31N5O2/c1-28-17-21(16-27-28)25-15-23(14-20-6-2-3-7-24(20)25)32-19-22(31)18-30-12-10-29(11-13-30)9-5-4-8-26/h2-3,6-7,14-17,22,31H,4-5,9-13,18-19H2,1H3. The van der Waals surface area contributed by atoms with Gasteiger partial charge in [0.15, 0.2) is 0 Å². The summed E-state index contributed by atoms with van der Waals surface area (Å²) in [6, 6.07) is 14.5. The lowest BCUT2D eigenvalue weighted by Crippen LogP contribution is -2.49. The first-order valence-corrected chi connectivity index (χ1v) is 11.3. The molecule has 1 aromatic heterocycles. The Balaban J connectivity index is 1.34. The number of hydrogen-bond donors (Lipinski definition) is 1. The van der Waals surface area contributed by atoms with E-state index < -0.39 is 6.10 Å². The maximum Gasteiger partial charge on any atom is 0.120 e. The van der Waals surface area contributed by atoms with Crippen LogP contribution in [0.2, 0.25) is 0 Å². The number of piperazine rings is 1. The third kappa shape index (κ3) is 5.65. The molecule has 2 heterocycles. The molecule has 0 radical (unpaired) electrons. The molecule has 0 saturated carbocycles. The van der Waals surface area contributed by atoms with Gasteiger partial charge in [-0.15, -0.1) is 0 Å². The third-order valence-electron chi connectivity index (χ3n) is 5.99. The van der Waals surface area contributed by atoms with Crippen molar-refractivity contribution >= 4 is 10.8 Å². The smallest absolute Gasteiger partial charge is 0.120 e. The Hall–Kier alpha value is -2.92. The highest BCUT2D eigenvalue weighted by atomic mass is 16.5. The normalized spacial score (nSPS) is 16.2. The van der Waals surface area contributed by atoms with Crippen molar-refractivity contribution in [2.75, 3.05) is 45.9 Å². The van der Waals surface area contributed by atoms with Crippen molar-refractivity contribution in [3.8, 4) is 22.9 Å². The van der Waals surface area contributed by atoms with Crippen molar-refractivity contribution in [2.45, 2.75) is 18.9 Å². The molecule has 7 nitrogen and oxygen atoms in total. The fraction of sp³-hybridized carbons (Fsp3) is 0.440. The molecule has 0 spiro atoms. The summed E-state index contributed by atoms with van der Waals surface area (Å²) < 4.78 is 7.82. The summed E-state index contributed by atoms with van der Waals surface area (Å²) in [6.07, 6.45) is 4.86. The molecule has 2 aromatic carbocycles. The van der Waals surface area contributed by atoms with Gasteiger partial charge >= 0.3 is 0 Å². The van der Waals surface area contributed by atoms with Gasteiger partial charge in [0.05, 0.1) is 12.3 Å². The minimum absolute atomic E-state index is 0.257. The molecule has 3 aromatic rings. The average Bonchev–Trinajstić information content (AvgIpc) is 3.24. The van der Waals surface area contributed by atoms with E-state index in [-0.39, 0.29) is 6.61 Å². The SMILES string of the molecule is Cn1cc(-c2cc(OCC(O)CN3CCN(CCCC#N)CC3)cc3ccccc23)cn1. The van der Waals surface area contributed by atoms with Crippen LogP contribution in [0.3, 0.4) is 0 Å². The topological polar surface area (TPSA) is 77.5 Å². The lowest BCUT2D eigenvalue weighted by molar-refractivity contribution is 0.0460. The second kappa shape index (κ2) is 10.6. The van der Waals surface area contributed by atoms with E-state index in [1.54, 1.807) is 4.68 Å². The van der Waals surface area contributed by atoms with Crippen molar-refractivity contribution < 1.29 is 9.84 Å². The quantitative estimate of drug-likeness (QED) is 0.523. The number of ether oxygens (including phenoxy) is 1. The zero-order valence-corrected chi connectivity index (χ0v) is 18.7. The first-order chi connectivity index (χ1) is 15.6. The van der Waals surface area contributed by atoms with Crippen LogP contribution < -0.4 is 4.74 Å². The maximum atomic E-state index is 10.6. The van der Waals surface area contributed by atoms with Gasteiger partial charge in [-0.05, 0) is 41.4 Å². The van der Waals surface area contributed by atoms with E-state index in [4.69, 9.17) is 10.00 Å². The summed E-state index contributed by atoms with van der Waals surface area (Å²) >= 11 is 0. The molecule has 1 aliphatic rings. The first kappa shape index (κ1) is 22.3. The van der Waals surface area contributed by atoms with E-state index in [2.05, 4.69) is 33.1 Å². The van der Waals surface area contributed by atoms with E-state index in [0.29, 0.717) is 13.0 Å². The summed E-state index contributed by atoms with van der Waals surface area (Å²) in [6.45, 7) is 5.68. The molecule has 1 aliphatic heterocycles. The summed E-state index contributed by atoms with van der Waals surface area (Å²) in [5, 5.41) is 25.8. The van der Waals surface area contributed by atoms with Gasteiger partial charge in [0.25, 0.3) is 0 Å². The van der Waals surface area contributed by atoms with E-state index >= 15 is 0 Å². The van der Waals surface area contributed by atoms with Crippen LogP contribution in [0, 0.1) is 11.3 Å². The Labute approximate surface area is 189 Å². The van der Waals surface area contributed by atoms with Crippen molar-refractivity contribution in [3.05, 3.63) is 48.8 Å². The van der Waals surface area contributed by atoms with Gasteiger partial charge in [-0.2, -0.15) is 10.4 Å². The number of rotatable bonds is 9. The first-order valence-electron chi connectivity index (χ1n) is 11.3. The molecular formula is C25H31N5O2. The Morgan fingerprint density at radius 3 is 2.69 bits per heavy atom. The summed E-state index contributed by atoms with van der Waals surface area (Å²) in [7, 11) is 1.91. The lowest BCUT2D eigenvalue weighted by Gasteiger charge is -2.35. The van der Waals surface area contributed by atoms with Gasteiger partial charge in [-0.3, -0.25) is 9.58 Å². The fourth-order valence-electron chi connectivity index (χ4n) is 4.29. The molecule has 4 rings (SSSR count). The van der Waals surface area contributed by atoms with Gasteiger partial charge in [-0.1, -0.05) is 24.3 Å². The van der Waals surface area contributed by atoms with Crippen LogP contribution in [0.4, 0.5) is 0 Å². The summed E-state index contributed by atoms with van der Waals surface area (Å²) in [5.41, 5.74) is 2.12. The predicted molar refractivity (Wildman–Crippen MR) is 125 cm³/mol. The number of hydrogen-bond acceptors (Lipinski definition) is 6. The maximum absolute atomic E-state index is 10.6. The number of aliphatic hydroxyl groups excluding tert-OH is 1. The van der Waals surface area contributed by atoms with Crippen molar-refractivity contribution in [1.82, 2.24) is 19.6 Å². The zero-order chi connectivity index (χ0) is 22.3. The van der Waals surface area contributed by atoms with Crippen molar-refractivity contribution in [1.29, 1.82) is 5.26 Å². The number of fused-ring (bicyclic) bond motifs is 1. The predicted octanol–water partition coefficient (Wildman–Crippen LogP) is 2.90. The second-order valence-corrected chi connectivity index (χ2v) is 8.46. The van der Waals surface area contributed by atoms with Crippen LogP contribution in [0.15, 0.2) is 48.8 Å². The second-order valence-electron chi connectivity index (χ2n) is 8.46. The number of nitriles is 1. The van der Waals surface area contributed by atoms with Crippen LogP contribution in [0.5, 0.6) is 5.75 Å². The van der Waals surface area contributed by atoms with Crippen LogP contribution >= 0.6 is 0 Å². The zero-order valence-electron chi connectivity index (χ0n) is 18.7. The molecule has 0 amide bonds. The fourth-order valence-corrected chi connectivity index (χ4v) is 4.29. The molecule has 168 valence electrons. The van der Waals surface area contributed by atoms with E-state index in [9.17, 15) is 5.11 Å². The number of aliphatic hydroxyl groups is 1. The van der Waals surface area contributed by atoms with Crippen molar-refractivity contribution in [2.24, 2.45) is 7.05 Å². The largest absolute Gasteiger partial charge is 0.491 e. The minimum atomic E-state index is -0.548. The molecule has 1 fully saturated rings. The molecule has 0 aliphatic carbocycles. The van der Waals surface area contributed by atoms with Crippen LogP contribution in [-0.2, 0) is 7.05 Å². The molecule has 1 N–H and O–H groups in total. The monoisotopic (exact) mass is 433 g/mol. The Morgan fingerprint density at radius 2 is 1.94 bits per heavy atom. The highest BCUT2D eigenvalue weighted by Crippen LogP contribution is 2.33. The summed E-state index contributed by atoms with van der Waals surface area (Å²) in [4.78, 5) is 4.68. The van der Waals surface area contributed by atoms with E-state index in [1.807, 2.05) is 43.7 Å². The Morgan fingerprint density at radius 1 is 1.16 bits per heavy atom. The number of unbranched alkanes of at least 4 members (excludes halogenated alkanes) is 1. The molecule has 1 saturated heterocycles. The Bertz CT molecular complexity index is 1070. The molecule has 1 unspecified atom stereocenters. The third-order valence-corrected chi connectivity index (χ3v) is 5.99. The molecular weight excluding hydrogens is 402 g/mol. The van der Waals surface area contributed by atoms with Crippen molar-refractivity contribution in [3.63, 3.8) is 0 Å². The van der Waals surface area contributed by atoms with Crippen LogP contribution in [0.25, 0.3) is 21.9 Å². The number of β-amino-alcohol motifs (C(OH)–C–C–N with tert-alkyl or cyclic N) is 1. The molecule has 1 atom stereocenters. The highest BCUT2D eigenvalue weighted by Gasteiger charge is 2.19. The van der Waals surface area contributed by atoms with E-state index in [0.717, 1.165) is 66.8 Å². The minimum Gasteiger partial charge on any atom is -0.491 e. The van der Waals surface area contributed by atoms with Gasteiger partial charge < -0.3 is 14.7 Å². The van der Waals surface area contributed by atoms with Crippen LogP contribution in [0.1, 0.15) is 12.8 Å². The molecule has 7 heteroatoms.